The number of nitro benzene ring substituents is 1. The number of ether oxygens (including phenoxy) is 1. The lowest BCUT2D eigenvalue weighted by Crippen LogP contribution is -2.44. The summed E-state index contributed by atoms with van der Waals surface area (Å²) < 4.78 is 5.80. The van der Waals surface area contributed by atoms with E-state index < -0.39 is 10.8 Å². The molecule has 136 valence electrons. The molecular weight excluding hydrogens is 360 g/mol. The first-order valence-corrected chi connectivity index (χ1v) is 8.52. The minimum absolute atomic E-state index is 0.0155. The molecule has 1 saturated heterocycles. The Hall–Kier alpha value is -2.74. The van der Waals surface area contributed by atoms with Crippen LogP contribution in [0.1, 0.15) is 28.9 Å². The number of carbonyl (C=O) groups excluding carboxylic acids is 1. The Labute approximate surface area is 154 Å². The number of hydrogen-bond donors (Lipinski definition) is 0. The lowest BCUT2D eigenvalue weighted by molar-refractivity contribution is -0.385. The zero-order valence-electron chi connectivity index (χ0n) is 14.1. The van der Waals surface area contributed by atoms with E-state index in [9.17, 15) is 14.9 Å². The van der Waals surface area contributed by atoms with Crippen LogP contribution < -0.4 is 4.74 Å². The fourth-order valence-electron chi connectivity index (χ4n) is 2.85. The number of halogens is 1. The summed E-state index contributed by atoms with van der Waals surface area (Å²) in [5, 5.41) is 19.4. The number of rotatable bonds is 4. The van der Waals surface area contributed by atoms with Crippen LogP contribution in [0.2, 0.25) is 5.02 Å². The van der Waals surface area contributed by atoms with Gasteiger partial charge in [-0.1, -0.05) is 11.6 Å². The van der Waals surface area contributed by atoms with E-state index in [4.69, 9.17) is 16.3 Å². The van der Waals surface area contributed by atoms with Crippen molar-refractivity contribution in [2.45, 2.75) is 25.9 Å². The summed E-state index contributed by atoms with van der Waals surface area (Å²) in [6.07, 6.45) is 1.24. The lowest BCUT2D eigenvalue weighted by Gasteiger charge is -2.32. The Morgan fingerprint density at radius 1 is 1.35 bits per heavy atom. The van der Waals surface area contributed by atoms with Gasteiger partial charge in [0, 0.05) is 23.7 Å². The minimum atomic E-state index is -0.580. The molecule has 9 heteroatoms. The van der Waals surface area contributed by atoms with Gasteiger partial charge in [0.1, 0.15) is 11.7 Å². The maximum Gasteiger partial charge on any atom is 0.282 e. The summed E-state index contributed by atoms with van der Waals surface area (Å²) >= 11 is 5.92. The predicted octanol–water partition coefficient (Wildman–Crippen LogP) is 3.03. The van der Waals surface area contributed by atoms with Crippen molar-refractivity contribution in [1.82, 2.24) is 15.1 Å². The van der Waals surface area contributed by atoms with E-state index in [1.54, 1.807) is 17.0 Å². The number of benzene rings is 1. The molecule has 1 amide bonds. The molecule has 1 aromatic heterocycles. The van der Waals surface area contributed by atoms with Crippen molar-refractivity contribution in [3.8, 4) is 5.88 Å². The number of aromatic nitrogens is 2. The molecule has 1 fully saturated rings. The van der Waals surface area contributed by atoms with Crippen molar-refractivity contribution in [2.75, 3.05) is 13.1 Å². The van der Waals surface area contributed by atoms with Gasteiger partial charge < -0.3 is 9.64 Å². The van der Waals surface area contributed by atoms with Crippen LogP contribution in [0.15, 0.2) is 30.3 Å². The van der Waals surface area contributed by atoms with Gasteiger partial charge in [-0.25, -0.2) is 0 Å². The summed E-state index contributed by atoms with van der Waals surface area (Å²) in [5.74, 6) is -0.0360. The Morgan fingerprint density at radius 3 is 2.85 bits per heavy atom. The zero-order chi connectivity index (χ0) is 18.7. The van der Waals surface area contributed by atoms with Gasteiger partial charge >= 0.3 is 0 Å². The van der Waals surface area contributed by atoms with Crippen LogP contribution in [0.25, 0.3) is 0 Å². The second-order valence-electron chi connectivity index (χ2n) is 6.06. The van der Waals surface area contributed by atoms with E-state index in [0.29, 0.717) is 19.0 Å². The number of nitrogens with zero attached hydrogens (tertiary/aromatic N) is 4. The molecule has 26 heavy (non-hydrogen) atoms. The first-order chi connectivity index (χ1) is 12.4. The summed E-state index contributed by atoms with van der Waals surface area (Å²) in [6, 6.07) is 7.50. The van der Waals surface area contributed by atoms with Crippen molar-refractivity contribution in [3.05, 3.63) is 56.7 Å². The molecule has 1 aliphatic heterocycles. The standard InChI is InChI=1S/C17H17ClN4O4/c1-11-4-7-16(20-19-11)26-13-3-2-8-21(10-13)17(23)14-9-12(18)5-6-15(14)22(24)25/h4-7,9,13H,2-3,8,10H2,1H3. The van der Waals surface area contributed by atoms with Crippen molar-refractivity contribution < 1.29 is 14.5 Å². The summed E-state index contributed by atoms with van der Waals surface area (Å²) in [4.78, 5) is 25.0. The second kappa shape index (κ2) is 7.65. The van der Waals surface area contributed by atoms with E-state index in [1.807, 2.05) is 6.92 Å². The number of carbonyl (C=O) groups is 1. The highest BCUT2D eigenvalue weighted by molar-refractivity contribution is 6.31. The van der Waals surface area contributed by atoms with Crippen molar-refractivity contribution in [2.24, 2.45) is 0 Å². The SMILES string of the molecule is Cc1ccc(OC2CCCN(C(=O)c3cc(Cl)ccc3[N+](=O)[O-])C2)nn1. The quantitative estimate of drug-likeness (QED) is 0.600. The molecule has 1 aliphatic rings. The number of hydrogen-bond acceptors (Lipinski definition) is 6. The molecule has 1 aromatic carbocycles. The third kappa shape index (κ3) is 4.08. The highest BCUT2D eigenvalue weighted by Gasteiger charge is 2.30. The molecule has 2 aromatic rings. The first kappa shape index (κ1) is 18.1. The predicted molar refractivity (Wildman–Crippen MR) is 94.4 cm³/mol. The molecule has 0 bridgehead atoms. The van der Waals surface area contributed by atoms with Gasteiger partial charge in [0.25, 0.3) is 11.6 Å². The third-order valence-corrected chi connectivity index (χ3v) is 4.35. The normalized spacial score (nSPS) is 17.0. The summed E-state index contributed by atoms with van der Waals surface area (Å²) in [7, 11) is 0. The van der Waals surface area contributed by atoms with Crippen molar-refractivity contribution >= 4 is 23.2 Å². The van der Waals surface area contributed by atoms with Crippen molar-refractivity contribution in [1.29, 1.82) is 0 Å². The topological polar surface area (TPSA) is 98.5 Å². The van der Waals surface area contributed by atoms with E-state index in [-0.39, 0.29) is 22.4 Å². The molecule has 0 saturated carbocycles. The number of piperidine rings is 1. The van der Waals surface area contributed by atoms with Crippen LogP contribution in [0.5, 0.6) is 5.88 Å². The molecule has 1 unspecified atom stereocenters. The molecule has 0 spiro atoms. The van der Waals surface area contributed by atoms with Gasteiger partial charge in [-0.2, -0.15) is 5.10 Å². The van der Waals surface area contributed by atoms with Gasteiger partial charge in [0.15, 0.2) is 0 Å². The Kier molecular flexibility index (Phi) is 5.32. The largest absolute Gasteiger partial charge is 0.471 e. The van der Waals surface area contributed by atoms with Gasteiger partial charge in [0.2, 0.25) is 5.88 Å². The van der Waals surface area contributed by atoms with Crippen LogP contribution in [-0.2, 0) is 0 Å². The third-order valence-electron chi connectivity index (χ3n) is 4.11. The fourth-order valence-corrected chi connectivity index (χ4v) is 3.02. The number of amides is 1. The van der Waals surface area contributed by atoms with Gasteiger partial charge in [-0.05, 0) is 38.0 Å². The van der Waals surface area contributed by atoms with Crippen molar-refractivity contribution in [3.63, 3.8) is 0 Å². The minimum Gasteiger partial charge on any atom is -0.471 e. The summed E-state index contributed by atoms with van der Waals surface area (Å²) in [6.45, 7) is 2.65. The van der Waals surface area contributed by atoms with E-state index >= 15 is 0 Å². The van der Waals surface area contributed by atoms with Crippen LogP contribution in [-0.4, -0.2) is 45.1 Å². The van der Waals surface area contributed by atoms with Crippen LogP contribution >= 0.6 is 11.6 Å². The zero-order valence-corrected chi connectivity index (χ0v) is 14.8. The summed E-state index contributed by atoms with van der Waals surface area (Å²) in [5.41, 5.74) is 0.510. The average Bonchev–Trinajstić information content (AvgIpc) is 2.63. The van der Waals surface area contributed by atoms with E-state index in [0.717, 1.165) is 18.5 Å². The molecule has 0 N–H and O–H groups in total. The fraction of sp³-hybridized carbons (Fsp3) is 0.353. The number of aryl methyl sites for hydroxylation is 1. The Bertz CT molecular complexity index is 828. The number of likely N-dealkylation sites (tertiary alicyclic amines) is 1. The van der Waals surface area contributed by atoms with Gasteiger partial charge in [-0.3, -0.25) is 14.9 Å². The number of nitro groups is 1. The van der Waals surface area contributed by atoms with E-state index in [1.165, 1.54) is 18.2 Å². The average molecular weight is 377 g/mol. The maximum absolute atomic E-state index is 12.8. The highest BCUT2D eigenvalue weighted by Crippen LogP contribution is 2.26. The molecule has 0 aliphatic carbocycles. The molecule has 2 heterocycles. The maximum atomic E-state index is 12.8. The van der Waals surface area contributed by atoms with Crippen LogP contribution in [0.3, 0.4) is 0 Å². The molecule has 8 nitrogen and oxygen atoms in total. The Morgan fingerprint density at radius 2 is 2.15 bits per heavy atom. The lowest BCUT2D eigenvalue weighted by atomic mass is 10.1. The second-order valence-corrected chi connectivity index (χ2v) is 6.50. The van der Waals surface area contributed by atoms with Gasteiger partial charge in [0.05, 0.1) is 17.2 Å². The molecule has 1 atom stereocenters. The highest BCUT2D eigenvalue weighted by atomic mass is 35.5. The smallest absolute Gasteiger partial charge is 0.282 e. The molecule has 3 rings (SSSR count). The van der Waals surface area contributed by atoms with E-state index in [2.05, 4.69) is 10.2 Å². The molecular formula is C17H17ClN4O4. The molecule has 0 radical (unpaired) electrons. The monoisotopic (exact) mass is 376 g/mol. The van der Waals surface area contributed by atoms with Crippen LogP contribution in [0, 0.1) is 17.0 Å². The Balaban J connectivity index is 1.75. The van der Waals surface area contributed by atoms with Gasteiger partial charge in [-0.15, -0.1) is 5.10 Å². The first-order valence-electron chi connectivity index (χ1n) is 8.14. The van der Waals surface area contributed by atoms with Crippen LogP contribution in [0.4, 0.5) is 5.69 Å².